The van der Waals surface area contributed by atoms with Gasteiger partial charge in [0.15, 0.2) is 11.5 Å². The second-order valence-corrected chi connectivity index (χ2v) is 5.65. The molecule has 1 aliphatic heterocycles. The van der Waals surface area contributed by atoms with Crippen LogP contribution >= 0.6 is 11.6 Å². The lowest BCUT2D eigenvalue weighted by Crippen LogP contribution is -2.35. The summed E-state index contributed by atoms with van der Waals surface area (Å²) in [5, 5.41) is 14.6. The summed E-state index contributed by atoms with van der Waals surface area (Å²) < 4.78 is 5.29. The molecule has 0 amide bonds. The Kier molecular flexibility index (Phi) is 4.58. The van der Waals surface area contributed by atoms with Crippen LogP contribution in [-0.2, 0) is 6.42 Å². The van der Waals surface area contributed by atoms with E-state index in [0.29, 0.717) is 16.8 Å². The van der Waals surface area contributed by atoms with Crippen molar-refractivity contribution in [2.24, 2.45) is 0 Å². The maximum atomic E-state index is 10.4. The number of phenols is 1. The van der Waals surface area contributed by atoms with Crippen LogP contribution in [0.2, 0.25) is 5.02 Å². The lowest BCUT2D eigenvalue weighted by molar-refractivity contribution is 0.359. The first-order valence-electron chi connectivity index (χ1n) is 6.84. The molecule has 0 saturated carbocycles. The third kappa shape index (κ3) is 2.82. The summed E-state index contributed by atoms with van der Waals surface area (Å²) >= 11 is 6.34. The SMILES string of the molecule is COc1c(C)c(Cl)c(C)c(CC2CCCCN2)c1O. The molecular formula is C15H22ClNO2. The van der Waals surface area contributed by atoms with Gasteiger partial charge in [0, 0.05) is 17.2 Å². The van der Waals surface area contributed by atoms with Gasteiger partial charge in [0.2, 0.25) is 0 Å². The molecule has 0 aliphatic carbocycles. The molecule has 1 unspecified atom stereocenters. The summed E-state index contributed by atoms with van der Waals surface area (Å²) in [6.45, 7) is 4.89. The van der Waals surface area contributed by atoms with Gasteiger partial charge >= 0.3 is 0 Å². The summed E-state index contributed by atoms with van der Waals surface area (Å²) in [5.41, 5.74) is 2.68. The van der Waals surface area contributed by atoms with Crippen molar-refractivity contribution in [1.82, 2.24) is 5.32 Å². The Morgan fingerprint density at radius 3 is 2.63 bits per heavy atom. The predicted molar refractivity (Wildman–Crippen MR) is 78.5 cm³/mol. The van der Waals surface area contributed by atoms with E-state index in [1.165, 1.54) is 12.8 Å². The third-order valence-corrected chi connectivity index (χ3v) is 4.59. The number of aromatic hydroxyl groups is 1. The fourth-order valence-electron chi connectivity index (χ4n) is 2.85. The zero-order valence-corrected chi connectivity index (χ0v) is 12.6. The molecule has 1 heterocycles. The van der Waals surface area contributed by atoms with Gasteiger partial charge < -0.3 is 15.2 Å². The molecule has 0 aromatic heterocycles. The molecule has 2 rings (SSSR count). The Morgan fingerprint density at radius 2 is 2.05 bits per heavy atom. The van der Waals surface area contributed by atoms with E-state index in [1.807, 2.05) is 13.8 Å². The van der Waals surface area contributed by atoms with E-state index in [1.54, 1.807) is 7.11 Å². The molecule has 1 atom stereocenters. The Balaban J connectivity index is 2.35. The Morgan fingerprint density at radius 1 is 1.32 bits per heavy atom. The average Bonchev–Trinajstić information content (AvgIpc) is 2.43. The number of methoxy groups -OCH3 is 1. The van der Waals surface area contributed by atoms with Crippen molar-refractivity contribution in [1.29, 1.82) is 0 Å². The van der Waals surface area contributed by atoms with Crippen molar-refractivity contribution in [2.75, 3.05) is 13.7 Å². The van der Waals surface area contributed by atoms with Crippen LogP contribution in [0, 0.1) is 13.8 Å². The molecule has 0 spiro atoms. The fraction of sp³-hybridized carbons (Fsp3) is 0.600. The first-order valence-corrected chi connectivity index (χ1v) is 7.22. The van der Waals surface area contributed by atoms with Gasteiger partial charge in [-0.1, -0.05) is 18.0 Å². The van der Waals surface area contributed by atoms with Crippen molar-refractivity contribution in [3.63, 3.8) is 0 Å². The first-order chi connectivity index (χ1) is 9.06. The molecular weight excluding hydrogens is 262 g/mol. The van der Waals surface area contributed by atoms with E-state index in [4.69, 9.17) is 16.3 Å². The Bertz CT molecular complexity index is 468. The molecule has 0 bridgehead atoms. The number of ether oxygens (including phenoxy) is 1. The predicted octanol–water partition coefficient (Wildman–Crippen LogP) is 3.36. The number of hydrogen-bond donors (Lipinski definition) is 2. The van der Waals surface area contributed by atoms with E-state index in [-0.39, 0.29) is 5.75 Å². The highest BCUT2D eigenvalue weighted by atomic mass is 35.5. The number of benzene rings is 1. The number of halogens is 1. The van der Waals surface area contributed by atoms with Crippen LogP contribution in [0.5, 0.6) is 11.5 Å². The van der Waals surface area contributed by atoms with Crippen molar-refractivity contribution in [2.45, 2.75) is 45.6 Å². The number of hydrogen-bond acceptors (Lipinski definition) is 3. The van der Waals surface area contributed by atoms with Gasteiger partial charge in [-0.15, -0.1) is 0 Å². The molecule has 2 N–H and O–H groups in total. The highest BCUT2D eigenvalue weighted by Gasteiger charge is 2.22. The normalized spacial score (nSPS) is 19.5. The maximum absolute atomic E-state index is 10.4. The third-order valence-electron chi connectivity index (χ3n) is 4.02. The molecule has 1 aromatic rings. The summed E-state index contributed by atoms with van der Waals surface area (Å²) in [7, 11) is 1.57. The molecule has 1 fully saturated rings. The number of rotatable bonds is 3. The lowest BCUT2D eigenvalue weighted by atomic mass is 9.93. The zero-order chi connectivity index (χ0) is 14.0. The molecule has 3 nitrogen and oxygen atoms in total. The monoisotopic (exact) mass is 283 g/mol. The van der Waals surface area contributed by atoms with E-state index in [2.05, 4.69) is 5.32 Å². The highest BCUT2D eigenvalue weighted by molar-refractivity contribution is 6.32. The van der Waals surface area contributed by atoms with Gasteiger partial charge in [-0.05, 0) is 45.2 Å². The van der Waals surface area contributed by atoms with E-state index in [9.17, 15) is 5.11 Å². The topological polar surface area (TPSA) is 41.5 Å². The summed E-state index contributed by atoms with van der Waals surface area (Å²) in [4.78, 5) is 0. The van der Waals surface area contributed by atoms with Crippen molar-refractivity contribution < 1.29 is 9.84 Å². The van der Waals surface area contributed by atoms with Gasteiger partial charge in [0.25, 0.3) is 0 Å². The Labute approximate surface area is 119 Å². The fourth-order valence-corrected chi connectivity index (χ4v) is 3.05. The molecule has 4 heteroatoms. The van der Waals surface area contributed by atoms with Crippen LogP contribution in [-0.4, -0.2) is 24.8 Å². The molecule has 1 aliphatic rings. The maximum Gasteiger partial charge on any atom is 0.165 e. The molecule has 0 radical (unpaired) electrons. The van der Waals surface area contributed by atoms with Gasteiger partial charge in [-0.2, -0.15) is 0 Å². The second-order valence-electron chi connectivity index (χ2n) is 5.28. The van der Waals surface area contributed by atoms with Crippen molar-refractivity contribution >= 4 is 11.6 Å². The average molecular weight is 284 g/mol. The highest BCUT2D eigenvalue weighted by Crippen LogP contribution is 2.41. The Hall–Kier alpha value is -0.930. The summed E-state index contributed by atoms with van der Waals surface area (Å²) in [6, 6.07) is 0.418. The van der Waals surface area contributed by atoms with Gasteiger partial charge in [0.05, 0.1) is 12.1 Å². The van der Waals surface area contributed by atoms with E-state index >= 15 is 0 Å². The van der Waals surface area contributed by atoms with E-state index < -0.39 is 0 Å². The standard InChI is InChI=1S/C15H22ClNO2/c1-9-12(8-11-6-4-5-7-17-11)14(18)15(19-3)10(2)13(9)16/h11,17-18H,4-8H2,1-3H3. The van der Waals surface area contributed by atoms with Gasteiger partial charge in [-0.25, -0.2) is 0 Å². The smallest absolute Gasteiger partial charge is 0.165 e. The minimum absolute atomic E-state index is 0.245. The summed E-state index contributed by atoms with van der Waals surface area (Å²) in [6.07, 6.45) is 4.42. The van der Waals surface area contributed by atoms with E-state index in [0.717, 1.165) is 36.1 Å². The molecule has 1 aromatic carbocycles. The van der Waals surface area contributed by atoms with Crippen LogP contribution in [0.3, 0.4) is 0 Å². The minimum atomic E-state index is 0.245. The van der Waals surface area contributed by atoms with Crippen LogP contribution in [0.15, 0.2) is 0 Å². The number of nitrogens with one attached hydrogen (secondary N) is 1. The lowest BCUT2D eigenvalue weighted by Gasteiger charge is -2.25. The second kappa shape index (κ2) is 6.02. The van der Waals surface area contributed by atoms with Crippen molar-refractivity contribution in [3.05, 3.63) is 21.7 Å². The number of phenolic OH excluding ortho intramolecular Hbond substituents is 1. The van der Waals surface area contributed by atoms with Crippen molar-refractivity contribution in [3.8, 4) is 11.5 Å². The van der Waals surface area contributed by atoms with Crippen LogP contribution < -0.4 is 10.1 Å². The minimum Gasteiger partial charge on any atom is -0.504 e. The first kappa shape index (κ1) is 14.5. The largest absolute Gasteiger partial charge is 0.504 e. The van der Waals surface area contributed by atoms with Crippen LogP contribution in [0.1, 0.15) is 36.0 Å². The molecule has 19 heavy (non-hydrogen) atoms. The summed E-state index contributed by atoms with van der Waals surface area (Å²) in [5.74, 6) is 0.746. The molecule has 1 saturated heterocycles. The van der Waals surface area contributed by atoms with Crippen LogP contribution in [0.4, 0.5) is 0 Å². The van der Waals surface area contributed by atoms with Gasteiger partial charge in [-0.3, -0.25) is 0 Å². The molecule has 106 valence electrons. The zero-order valence-electron chi connectivity index (χ0n) is 11.8. The van der Waals surface area contributed by atoms with Gasteiger partial charge in [0.1, 0.15) is 0 Å². The quantitative estimate of drug-likeness (QED) is 0.894. The van der Waals surface area contributed by atoms with Crippen LogP contribution in [0.25, 0.3) is 0 Å². The number of piperidine rings is 1.